The molecular weight excluding hydrogens is 426 g/mol. The van der Waals surface area contributed by atoms with Gasteiger partial charge in [-0.25, -0.2) is 9.78 Å². The Hall–Kier alpha value is -3.39. The monoisotopic (exact) mass is 449 g/mol. The first-order valence-corrected chi connectivity index (χ1v) is 11.3. The summed E-state index contributed by atoms with van der Waals surface area (Å²) in [5, 5.41) is 0.590. The number of hydrogen-bond donors (Lipinski definition) is 0. The summed E-state index contributed by atoms with van der Waals surface area (Å²) in [6.07, 6.45) is 0.180. The van der Waals surface area contributed by atoms with Crippen molar-refractivity contribution in [3.63, 3.8) is 0 Å². The highest BCUT2D eigenvalue weighted by molar-refractivity contribution is 7.99. The number of thioether (sulfide) groups is 1. The minimum absolute atomic E-state index is 0.159. The van der Waals surface area contributed by atoms with Gasteiger partial charge in [0.2, 0.25) is 0 Å². The van der Waals surface area contributed by atoms with Gasteiger partial charge in [-0.2, -0.15) is 0 Å². The van der Waals surface area contributed by atoms with Gasteiger partial charge >= 0.3 is 5.97 Å². The van der Waals surface area contributed by atoms with Crippen molar-refractivity contribution in [2.45, 2.75) is 37.8 Å². The molecule has 0 saturated heterocycles. The predicted molar refractivity (Wildman–Crippen MR) is 121 cm³/mol. The highest BCUT2D eigenvalue weighted by Gasteiger charge is 2.27. The van der Waals surface area contributed by atoms with E-state index in [9.17, 15) is 14.4 Å². The van der Waals surface area contributed by atoms with Gasteiger partial charge in [-0.1, -0.05) is 72.4 Å². The number of fused-ring (bicyclic) bond motifs is 1. The molecule has 0 spiro atoms. The van der Waals surface area contributed by atoms with Crippen LogP contribution in [-0.2, 0) is 29.2 Å². The van der Waals surface area contributed by atoms with Gasteiger partial charge in [0.05, 0.1) is 6.20 Å². The van der Waals surface area contributed by atoms with Gasteiger partial charge in [0, 0.05) is 25.4 Å². The van der Waals surface area contributed by atoms with Crippen LogP contribution in [0.25, 0.3) is 0 Å². The van der Waals surface area contributed by atoms with Crippen LogP contribution in [0.1, 0.15) is 28.4 Å². The number of amides is 1. The van der Waals surface area contributed by atoms with Crippen LogP contribution in [0.5, 0.6) is 0 Å². The van der Waals surface area contributed by atoms with Gasteiger partial charge in [-0.15, -0.1) is 0 Å². The first kappa shape index (κ1) is 21.8. The van der Waals surface area contributed by atoms with Crippen molar-refractivity contribution in [3.05, 3.63) is 93.9 Å². The molecule has 3 aromatic rings. The number of esters is 1. The molecule has 2 heterocycles. The average molecular weight is 450 g/mol. The summed E-state index contributed by atoms with van der Waals surface area (Å²) in [7, 11) is 0. The summed E-state index contributed by atoms with van der Waals surface area (Å²) in [5.74, 6) is -0.436. The fourth-order valence-electron chi connectivity index (χ4n) is 3.51. The van der Waals surface area contributed by atoms with Crippen LogP contribution in [0.4, 0.5) is 0 Å². The van der Waals surface area contributed by atoms with Gasteiger partial charge in [0.15, 0.2) is 11.3 Å². The summed E-state index contributed by atoms with van der Waals surface area (Å²) >= 11 is 1.47. The van der Waals surface area contributed by atoms with Gasteiger partial charge in [-0.05, 0) is 18.1 Å². The van der Waals surface area contributed by atoms with E-state index >= 15 is 0 Å². The van der Waals surface area contributed by atoms with E-state index in [1.165, 1.54) is 29.4 Å². The lowest BCUT2D eigenvalue weighted by Crippen LogP contribution is -2.40. The van der Waals surface area contributed by atoms with Gasteiger partial charge in [0.25, 0.3) is 11.5 Å². The Morgan fingerprint density at radius 3 is 2.25 bits per heavy atom. The zero-order valence-electron chi connectivity index (χ0n) is 17.6. The number of benzene rings is 2. The van der Waals surface area contributed by atoms with Crippen molar-refractivity contribution in [2.75, 3.05) is 5.75 Å². The Kier molecular flexibility index (Phi) is 6.70. The maximum Gasteiger partial charge on any atom is 0.346 e. The first-order valence-electron chi connectivity index (χ1n) is 10.3. The third-order valence-electron chi connectivity index (χ3n) is 5.15. The van der Waals surface area contributed by atoms with Crippen molar-refractivity contribution in [1.82, 2.24) is 14.5 Å². The van der Waals surface area contributed by atoms with Crippen LogP contribution >= 0.6 is 11.8 Å². The molecule has 0 unspecified atom stereocenters. The van der Waals surface area contributed by atoms with Crippen LogP contribution in [0, 0.1) is 0 Å². The molecule has 8 heteroatoms. The van der Waals surface area contributed by atoms with E-state index in [0.717, 1.165) is 16.9 Å². The smallest absolute Gasteiger partial charge is 0.346 e. The molecule has 0 N–H and O–H groups in total. The Morgan fingerprint density at radius 1 is 1.06 bits per heavy atom. The second-order valence-electron chi connectivity index (χ2n) is 7.47. The van der Waals surface area contributed by atoms with Crippen molar-refractivity contribution in [3.8, 4) is 0 Å². The third-order valence-corrected chi connectivity index (χ3v) is 6.12. The summed E-state index contributed by atoms with van der Waals surface area (Å²) < 4.78 is 6.87. The molecule has 1 aliphatic rings. The Morgan fingerprint density at radius 2 is 1.66 bits per heavy atom. The summed E-state index contributed by atoms with van der Waals surface area (Å²) in [4.78, 5) is 44.3. The van der Waals surface area contributed by atoms with E-state index in [-0.39, 0.29) is 11.5 Å². The quantitative estimate of drug-likeness (QED) is 0.407. The molecule has 1 aromatic heterocycles. The lowest BCUT2D eigenvalue weighted by Gasteiger charge is -2.26. The summed E-state index contributed by atoms with van der Waals surface area (Å²) in [6, 6.07) is 19.3. The Balaban J connectivity index is 1.51. The topological polar surface area (TPSA) is 81.5 Å². The largest absolute Gasteiger partial charge is 0.449 e. The fourth-order valence-corrected chi connectivity index (χ4v) is 4.42. The number of hydrogen-bond acceptors (Lipinski definition) is 6. The zero-order chi connectivity index (χ0) is 22.5. The second-order valence-corrected chi connectivity index (χ2v) is 8.53. The molecule has 1 atom stereocenters. The number of rotatable bonds is 7. The Bertz CT molecular complexity index is 1120. The highest BCUT2D eigenvalue weighted by Crippen LogP contribution is 2.21. The van der Waals surface area contributed by atoms with Gasteiger partial charge < -0.3 is 9.64 Å². The van der Waals surface area contributed by atoms with E-state index in [4.69, 9.17) is 4.74 Å². The highest BCUT2D eigenvalue weighted by atomic mass is 32.2. The third kappa shape index (κ3) is 4.91. The molecule has 4 rings (SSSR count). The number of ether oxygens (including phenoxy) is 1. The average Bonchev–Trinajstić information content (AvgIpc) is 3.29. The van der Waals surface area contributed by atoms with Crippen LogP contribution in [0.3, 0.4) is 0 Å². The molecule has 164 valence electrons. The molecule has 1 amide bonds. The normalized spacial score (nSPS) is 13.3. The molecule has 2 aromatic carbocycles. The van der Waals surface area contributed by atoms with E-state index in [0.29, 0.717) is 24.8 Å². The van der Waals surface area contributed by atoms with Crippen molar-refractivity contribution < 1.29 is 14.3 Å². The molecule has 0 fully saturated rings. The van der Waals surface area contributed by atoms with Gasteiger partial charge in [0.1, 0.15) is 5.56 Å². The molecule has 1 aliphatic heterocycles. The lowest BCUT2D eigenvalue weighted by molar-refractivity contribution is -0.141. The molecule has 0 bridgehead atoms. The van der Waals surface area contributed by atoms with Crippen molar-refractivity contribution >= 4 is 23.6 Å². The van der Waals surface area contributed by atoms with Crippen LogP contribution < -0.4 is 5.56 Å². The molecule has 32 heavy (non-hydrogen) atoms. The number of carbonyl (C=O) groups is 2. The SMILES string of the molecule is C[C@H](OC(=O)c1cnc2n(c1=O)CCS2)C(=O)N(Cc1ccccc1)Cc1ccccc1. The maximum absolute atomic E-state index is 13.2. The van der Waals surface area contributed by atoms with E-state index in [2.05, 4.69) is 4.98 Å². The summed E-state index contributed by atoms with van der Waals surface area (Å²) in [5.41, 5.74) is 1.34. The maximum atomic E-state index is 13.2. The van der Waals surface area contributed by atoms with Crippen LogP contribution in [0.2, 0.25) is 0 Å². The number of carbonyl (C=O) groups excluding carboxylic acids is 2. The lowest BCUT2D eigenvalue weighted by atomic mass is 10.1. The Labute approximate surface area is 190 Å². The molecule has 0 aliphatic carbocycles. The van der Waals surface area contributed by atoms with E-state index in [1.807, 2.05) is 60.7 Å². The molecule has 7 nitrogen and oxygen atoms in total. The molecule has 0 radical (unpaired) electrons. The zero-order valence-corrected chi connectivity index (χ0v) is 18.5. The van der Waals surface area contributed by atoms with E-state index < -0.39 is 17.6 Å². The number of nitrogens with zero attached hydrogens (tertiary/aromatic N) is 3. The van der Waals surface area contributed by atoms with Crippen LogP contribution in [0.15, 0.2) is 76.8 Å². The number of aromatic nitrogens is 2. The standard InChI is InChI=1S/C24H23N3O4S/c1-17(31-23(30)20-14-25-24-27(22(20)29)12-13-32-24)21(28)26(15-18-8-4-2-5-9-18)16-19-10-6-3-7-11-19/h2-11,14,17H,12-13,15-16H2,1H3/t17-/m0/s1. The van der Waals surface area contributed by atoms with E-state index in [1.54, 1.807) is 4.90 Å². The van der Waals surface area contributed by atoms with Crippen molar-refractivity contribution in [2.24, 2.45) is 0 Å². The van der Waals surface area contributed by atoms with Gasteiger partial charge in [-0.3, -0.25) is 14.2 Å². The molecule has 0 saturated carbocycles. The second kappa shape index (κ2) is 9.82. The minimum atomic E-state index is -1.05. The molecular formula is C24H23N3O4S. The first-order chi connectivity index (χ1) is 15.5. The van der Waals surface area contributed by atoms with Crippen molar-refractivity contribution in [1.29, 1.82) is 0 Å². The minimum Gasteiger partial charge on any atom is -0.449 e. The summed E-state index contributed by atoms with van der Waals surface area (Å²) in [6.45, 7) is 2.77. The fraction of sp³-hybridized carbons (Fsp3) is 0.250. The predicted octanol–water partition coefficient (Wildman–Crippen LogP) is 3.12. The van der Waals surface area contributed by atoms with Crippen LogP contribution in [-0.4, -0.2) is 38.2 Å².